The molecule has 0 bridgehead atoms. The first-order valence-electron chi connectivity index (χ1n) is 7.81. The van der Waals surface area contributed by atoms with Crippen LogP contribution in [0.15, 0.2) is 65.3 Å². The summed E-state index contributed by atoms with van der Waals surface area (Å²) in [6.45, 7) is 1.66. The van der Waals surface area contributed by atoms with Crippen molar-refractivity contribution in [2.24, 2.45) is 4.99 Å². The maximum Gasteiger partial charge on any atom is 0.364 e. The Morgan fingerprint density at radius 2 is 1.76 bits per heavy atom. The van der Waals surface area contributed by atoms with Crippen LogP contribution in [0.2, 0.25) is 0 Å². The first kappa shape index (κ1) is 15.2. The Morgan fingerprint density at radius 3 is 2.44 bits per heavy atom. The van der Waals surface area contributed by atoms with Crippen LogP contribution in [0.5, 0.6) is 11.5 Å². The van der Waals surface area contributed by atoms with E-state index in [1.807, 2.05) is 54.6 Å². The minimum Gasteiger partial charge on any atom is -0.497 e. The molecule has 0 saturated heterocycles. The van der Waals surface area contributed by atoms with Crippen LogP contribution in [0, 0.1) is 0 Å². The van der Waals surface area contributed by atoms with Crippen LogP contribution in [0.3, 0.4) is 0 Å². The van der Waals surface area contributed by atoms with Gasteiger partial charge in [-0.05, 0) is 36.4 Å². The molecule has 25 heavy (non-hydrogen) atoms. The molecule has 0 fully saturated rings. The maximum absolute atomic E-state index is 12.1. The molecule has 0 unspecified atom stereocenters. The standard InChI is InChI=1S/C20H15NO4/c1-12-21-19(20(22)24-12)16-11-18(13-7-9-14(23-2)10-8-13)25-17-6-4-3-5-15(16)17/h3-11H,1-2H3. The smallest absolute Gasteiger partial charge is 0.364 e. The van der Waals surface area contributed by atoms with Crippen molar-refractivity contribution in [2.45, 2.75) is 6.92 Å². The van der Waals surface area contributed by atoms with Crippen molar-refractivity contribution in [1.29, 1.82) is 0 Å². The highest BCUT2D eigenvalue weighted by Crippen LogP contribution is 2.39. The number of hydrogen-bond donors (Lipinski definition) is 0. The third-order valence-electron chi connectivity index (χ3n) is 4.01. The average molecular weight is 333 g/mol. The van der Waals surface area contributed by atoms with Crippen LogP contribution in [-0.4, -0.2) is 19.0 Å². The van der Waals surface area contributed by atoms with Gasteiger partial charge in [0.15, 0.2) is 11.6 Å². The SMILES string of the molecule is COc1ccc(C2=CC(=C3N=C(C)OC3=O)c3ccccc3O2)cc1. The van der Waals surface area contributed by atoms with Gasteiger partial charge < -0.3 is 14.2 Å². The van der Waals surface area contributed by atoms with E-state index in [-0.39, 0.29) is 0 Å². The molecule has 124 valence electrons. The van der Waals surface area contributed by atoms with E-state index in [0.29, 0.717) is 28.7 Å². The van der Waals surface area contributed by atoms with Crippen molar-refractivity contribution in [3.8, 4) is 11.5 Å². The Bertz CT molecular complexity index is 952. The summed E-state index contributed by atoms with van der Waals surface area (Å²) in [7, 11) is 1.62. The Hall–Kier alpha value is -3.34. The van der Waals surface area contributed by atoms with Crippen molar-refractivity contribution in [3.05, 3.63) is 71.4 Å². The van der Waals surface area contributed by atoms with Crippen LogP contribution in [0.1, 0.15) is 18.1 Å². The second kappa shape index (κ2) is 5.94. The van der Waals surface area contributed by atoms with Crippen molar-refractivity contribution in [2.75, 3.05) is 7.11 Å². The van der Waals surface area contributed by atoms with Gasteiger partial charge in [-0.1, -0.05) is 18.2 Å². The number of aliphatic imine (C=N–C) groups is 1. The van der Waals surface area contributed by atoms with E-state index in [1.165, 1.54) is 0 Å². The number of esters is 1. The zero-order valence-electron chi connectivity index (χ0n) is 13.8. The second-order valence-electron chi connectivity index (χ2n) is 5.62. The summed E-state index contributed by atoms with van der Waals surface area (Å²) in [5, 5.41) is 0. The monoisotopic (exact) mass is 333 g/mol. The lowest BCUT2D eigenvalue weighted by atomic mass is 9.98. The number of nitrogens with zero attached hydrogens (tertiary/aromatic N) is 1. The lowest BCUT2D eigenvalue weighted by Crippen LogP contribution is -2.07. The molecule has 0 saturated carbocycles. The third kappa shape index (κ3) is 2.70. The molecule has 2 heterocycles. The summed E-state index contributed by atoms with van der Waals surface area (Å²) in [5.74, 6) is 1.96. The predicted octanol–water partition coefficient (Wildman–Crippen LogP) is 3.82. The Labute approximate surface area is 144 Å². The Balaban J connectivity index is 1.87. The van der Waals surface area contributed by atoms with Crippen molar-refractivity contribution >= 4 is 23.2 Å². The number of ether oxygens (including phenoxy) is 3. The van der Waals surface area contributed by atoms with E-state index >= 15 is 0 Å². The molecule has 0 spiro atoms. The van der Waals surface area contributed by atoms with E-state index in [2.05, 4.69) is 4.99 Å². The number of carbonyl (C=O) groups is 1. The fraction of sp³-hybridized carbons (Fsp3) is 0.100. The minimum atomic E-state index is -0.450. The Kier molecular flexibility index (Phi) is 3.61. The summed E-state index contributed by atoms with van der Waals surface area (Å²) in [4.78, 5) is 16.4. The molecular formula is C20H15NO4. The van der Waals surface area contributed by atoms with Crippen LogP contribution < -0.4 is 9.47 Å². The summed E-state index contributed by atoms with van der Waals surface area (Å²) in [6.07, 6.45) is 1.82. The molecule has 5 heteroatoms. The molecule has 2 aromatic rings. The molecular weight excluding hydrogens is 318 g/mol. The van der Waals surface area contributed by atoms with Gasteiger partial charge in [0, 0.05) is 23.6 Å². The predicted molar refractivity (Wildman–Crippen MR) is 94.2 cm³/mol. The molecule has 0 atom stereocenters. The van der Waals surface area contributed by atoms with Gasteiger partial charge in [-0.25, -0.2) is 9.79 Å². The quantitative estimate of drug-likeness (QED) is 0.619. The molecule has 0 amide bonds. The number of para-hydroxylation sites is 1. The molecule has 0 aromatic heterocycles. The fourth-order valence-corrected chi connectivity index (χ4v) is 2.81. The van der Waals surface area contributed by atoms with Crippen LogP contribution in [-0.2, 0) is 9.53 Å². The van der Waals surface area contributed by atoms with Gasteiger partial charge in [-0.2, -0.15) is 0 Å². The number of allylic oxidation sites excluding steroid dienone is 2. The van der Waals surface area contributed by atoms with Crippen LogP contribution >= 0.6 is 0 Å². The fourth-order valence-electron chi connectivity index (χ4n) is 2.81. The molecule has 4 rings (SSSR count). The average Bonchev–Trinajstić information content (AvgIpc) is 2.99. The number of fused-ring (bicyclic) bond motifs is 1. The summed E-state index contributed by atoms with van der Waals surface area (Å²) >= 11 is 0. The molecule has 2 aliphatic rings. The van der Waals surface area contributed by atoms with E-state index in [1.54, 1.807) is 14.0 Å². The molecule has 0 N–H and O–H groups in total. The van der Waals surface area contributed by atoms with Gasteiger partial charge in [-0.15, -0.1) is 0 Å². The normalized spacial score (nSPS) is 18.7. The van der Waals surface area contributed by atoms with Crippen LogP contribution in [0.4, 0.5) is 0 Å². The summed E-state index contributed by atoms with van der Waals surface area (Å²) in [6, 6.07) is 15.1. The zero-order chi connectivity index (χ0) is 17.4. The molecule has 2 aliphatic heterocycles. The van der Waals surface area contributed by atoms with E-state index in [9.17, 15) is 4.79 Å². The first-order valence-corrected chi connectivity index (χ1v) is 7.81. The van der Waals surface area contributed by atoms with E-state index < -0.39 is 5.97 Å². The number of cyclic esters (lactones) is 1. The van der Waals surface area contributed by atoms with Gasteiger partial charge in [-0.3, -0.25) is 0 Å². The first-order chi connectivity index (χ1) is 12.2. The summed E-state index contributed by atoms with van der Waals surface area (Å²) < 4.78 is 16.3. The van der Waals surface area contributed by atoms with Crippen molar-refractivity contribution in [1.82, 2.24) is 0 Å². The van der Waals surface area contributed by atoms with Gasteiger partial charge in [0.2, 0.25) is 0 Å². The van der Waals surface area contributed by atoms with Crippen molar-refractivity contribution < 1.29 is 19.0 Å². The molecule has 0 aliphatic carbocycles. The number of rotatable bonds is 2. The lowest BCUT2D eigenvalue weighted by molar-refractivity contribution is -0.130. The summed E-state index contributed by atoms with van der Waals surface area (Å²) in [5.41, 5.74) is 2.67. The molecule has 5 nitrogen and oxygen atoms in total. The maximum atomic E-state index is 12.1. The Morgan fingerprint density at radius 1 is 1.00 bits per heavy atom. The highest BCUT2D eigenvalue weighted by Gasteiger charge is 2.28. The number of hydrogen-bond acceptors (Lipinski definition) is 5. The number of benzene rings is 2. The van der Waals surface area contributed by atoms with Gasteiger partial charge in [0.25, 0.3) is 0 Å². The highest BCUT2D eigenvalue weighted by atomic mass is 16.6. The largest absolute Gasteiger partial charge is 0.497 e. The highest BCUT2D eigenvalue weighted by molar-refractivity contribution is 6.11. The van der Waals surface area contributed by atoms with E-state index in [4.69, 9.17) is 14.2 Å². The van der Waals surface area contributed by atoms with E-state index in [0.717, 1.165) is 16.9 Å². The lowest BCUT2D eigenvalue weighted by Gasteiger charge is -2.20. The van der Waals surface area contributed by atoms with Gasteiger partial charge >= 0.3 is 5.97 Å². The van der Waals surface area contributed by atoms with Crippen molar-refractivity contribution in [3.63, 3.8) is 0 Å². The van der Waals surface area contributed by atoms with Gasteiger partial charge in [0.05, 0.1) is 7.11 Å². The number of carbonyl (C=O) groups excluding carboxylic acids is 1. The topological polar surface area (TPSA) is 57.1 Å². The molecule has 2 aromatic carbocycles. The third-order valence-corrected chi connectivity index (χ3v) is 4.01. The van der Waals surface area contributed by atoms with Crippen LogP contribution in [0.25, 0.3) is 11.3 Å². The number of methoxy groups -OCH3 is 1. The molecule has 0 radical (unpaired) electrons. The zero-order valence-corrected chi connectivity index (χ0v) is 13.8. The van der Waals surface area contributed by atoms with Gasteiger partial charge in [0.1, 0.15) is 17.3 Å². The second-order valence-corrected chi connectivity index (χ2v) is 5.62. The minimum absolute atomic E-state index is 0.291.